The van der Waals surface area contributed by atoms with Crippen molar-refractivity contribution in [2.24, 2.45) is 0 Å². The highest BCUT2D eigenvalue weighted by Crippen LogP contribution is 2.30. The maximum atomic E-state index is 12.2. The van der Waals surface area contributed by atoms with Gasteiger partial charge < -0.3 is 9.94 Å². The first-order valence-corrected chi connectivity index (χ1v) is 5.40. The molecule has 0 radical (unpaired) electrons. The van der Waals surface area contributed by atoms with Gasteiger partial charge in [-0.05, 0) is 12.1 Å². The molecule has 0 N–H and O–H groups in total. The number of rotatable bonds is 1. The number of pyridine rings is 1. The van der Waals surface area contributed by atoms with Gasteiger partial charge in [-0.15, -0.1) is 0 Å². The van der Waals surface area contributed by atoms with Crippen LogP contribution in [0.5, 0.6) is 5.75 Å². The Hall–Kier alpha value is -2.29. The number of hydrogen-bond acceptors (Lipinski definition) is 2. The van der Waals surface area contributed by atoms with Crippen molar-refractivity contribution in [3.05, 3.63) is 53.7 Å². The lowest BCUT2D eigenvalue weighted by Gasteiger charge is -2.10. The van der Waals surface area contributed by atoms with E-state index >= 15 is 0 Å². The van der Waals surface area contributed by atoms with Crippen molar-refractivity contribution in [3.63, 3.8) is 0 Å². The molecule has 1 heterocycles. The molecule has 3 heteroatoms. The Morgan fingerprint density at radius 1 is 0.882 bits per heavy atom. The molecule has 84 valence electrons. The van der Waals surface area contributed by atoms with E-state index in [-0.39, 0.29) is 0 Å². The van der Waals surface area contributed by atoms with Crippen LogP contribution in [0.15, 0.2) is 48.5 Å². The quantitative estimate of drug-likeness (QED) is 0.362. The van der Waals surface area contributed by atoms with Crippen LogP contribution in [0.4, 0.5) is 0 Å². The SMILES string of the molecule is COc1c2ccccc2[n+]([O-])c2ccccc12. The van der Waals surface area contributed by atoms with Gasteiger partial charge in [0.2, 0.25) is 11.0 Å². The minimum Gasteiger partial charge on any atom is -0.618 e. The monoisotopic (exact) mass is 225 g/mol. The van der Waals surface area contributed by atoms with Crippen molar-refractivity contribution in [1.82, 2.24) is 0 Å². The molecular formula is C14H11NO2. The zero-order chi connectivity index (χ0) is 11.8. The smallest absolute Gasteiger partial charge is 0.228 e. The Morgan fingerprint density at radius 3 is 1.82 bits per heavy atom. The summed E-state index contributed by atoms with van der Waals surface area (Å²) in [5.74, 6) is 0.753. The van der Waals surface area contributed by atoms with Gasteiger partial charge in [-0.2, -0.15) is 4.73 Å². The molecule has 2 aromatic carbocycles. The van der Waals surface area contributed by atoms with E-state index in [0.717, 1.165) is 21.3 Å². The van der Waals surface area contributed by atoms with Crippen LogP contribution in [-0.4, -0.2) is 7.11 Å². The molecule has 17 heavy (non-hydrogen) atoms. The molecular weight excluding hydrogens is 214 g/mol. The maximum Gasteiger partial charge on any atom is 0.228 e. The highest BCUT2D eigenvalue weighted by Gasteiger charge is 2.16. The van der Waals surface area contributed by atoms with Gasteiger partial charge in [0, 0.05) is 12.1 Å². The molecule has 0 aliphatic heterocycles. The first kappa shape index (κ1) is 9.90. The third-order valence-electron chi connectivity index (χ3n) is 2.94. The number of fused-ring (bicyclic) bond motifs is 2. The normalized spacial score (nSPS) is 10.9. The van der Waals surface area contributed by atoms with E-state index in [4.69, 9.17) is 4.74 Å². The number of methoxy groups -OCH3 is 1. The summed E-state index contributed by atoms with van der Waals surface area (Å²) in [4.78, 5) is 0. The maximum absolute atomic E-state index is 12.2. The van der Waals surface area contributed by atoms with Gasteiger partial charge in [-0.25, -0.2) is 0 Å². The van der Waals surface area contributed by atoms with Crippen LogP contribution in [0.1, 0.15) is 0 Å². The molecule has 3 aromatic rings. The summed E-state index contributed by atoms with van der Waals surface area (Å²) in [6.07, 6.45) is 0. The Bertz CT molecular complexity index is 650. The lowest BCUT2D eigenvalue weighted by Crippen LogP contribution is -2.28. The van der Waals surface area contributed by atoms with Crippen LogP contribution in [0.25, 0.3) is 21.8 Å². The summed E-state index contributed by atoms with van der Waals surface area (Å²) < 4.78 is 6.40. The number of aromatic nitrogens is 1. The zero-order valence-electron chi connectivity index (χ0n) is 9.38. The molecule has 3 nitrogen and oxygen atoms in total. The second kappa shape index (κ2) is 3.63. The fraction of sp³-hybridized carbons (Fsp3) is 0.0714. The van der Waals surface area contributed by atoms with Gasteiger partial charge in [0.05, 0.1) is 17.9 Å². The topological polar surface area (TPSA) is 36.2 Å². The largest absolute Gasteiger partial charge is 0.618 e. The number of ether oxygens (including phenoxy) is 1. The van der Waals surface area contributed by atoms with Gasteiger partial charge >= 0.3 is 0 Å². The van der Waals surface area contributed by atoms with Crippen molar-refractivity contribution in [2.75, 3.05) is 7.11 Å². The minimum atomic E-state index is 0.628. The first-order valence-electron chi connectivity index (χ1n) is 5.40. The number of para-hydroxylation sites is 2. The van der Waals surface area contributed by atoms with E-state index in [1.165, 1.54) is 0 Å². The van der Waals surface area contributed by atoms with Crippen molar-refractivity contribution in [1.29, 1.82) is 0 Å². The summed E-state index contributed by atoms with van der Waals surface area (Å²) in [5, 5.41) is 13.9. The van der Waals surface area contributed by atoms with E-state index in [1.807, 2.05) is 36.4 Å². The molecule has 0 bridgehead atoms. The van der Waals surface area contributed by atoms with Crippen LogP contribution in [0.2, 0.25) is 0 Å². The van der Waals surface area contributed by atoms with Crippen molar-refractivity contribution in [2.45, 2.75) is 0 Å². The van der Waals surface area contributed by atoms with Crippen LogP contribution < -0.4 is 9.47 Å². The number of hydrogen-bond donors (Lipinski definition) is 0. The molecule has 0 aliphatic carbocycles. The molecule has 0 fully saturated rings. The second-order valence-corrected chi connectivity index (χ2v) is 3.86. The van der Waals surface area contributed by atoms with Gasteiger partial charge in [0.25, 0.3) is 0 Å². The molecule has 0 saturated heterocycles. The summed E-state index contributed by atoms with van der Waals surface area (Å²) in [5.41, 5.74) is 1.26. The average molecular weight is 225 g/mol. The summed E-state index contributed by atoms with van der Waals surface area (Å²) in [6.45, 7) is 0. The first-order chi connectivity index (χ1) is 8.33. The fourth-order valence-electron chi connectivity index (χ4n) is 2.18. The zero-order valence-corrected chi connectivity index (χ0v) is 9.38. The number of benzene rings is 2. The molecule has 3 rings (SSSR count). The summed E-state index contributed by atoms with van der Waals surface area (Å²) in [7, 11) is 1.63. The van der Waals surface area contributed by atoms with Crippen molar-refractivity contribution >= 4 is 21.8 Å². The van der Waals surface area contributed by atoms with Crippen LogP contribution in [-0.2, 0) is 0 Å². The third-order valence-corrected chi connectivity index (χ3v) is 2.94. The van der Waals surface area contributed by atoms with Crippen LogP contribution in [0.3, 0.4) is 0 Å². The summed E-state index contributed by atoms with van der Waals surface area (Å²) >= 11 is 0. The fourth-order valence-corrected chi connectivity index (χ4v) is 2.18. The van der Waals surface area contributed by atoms with E-state index < -0.39 is 0 Å². The van der Waals surface area contributed by atoms with Crippen molar-refractivity contribution < 1.29 is 9.47 Å². The molecule has 0 amide bonds. The van der Waals surface area contributed by atoms with E-state index in [0.29, 0.717) is 11.0 Å². The lowest BCUT2D eigenvalue weighted by atomic mass is 10.1. The Morgan fingerprint density at radius 2 is 1.35 bits per heavy atom. The highest BCUT2D eigenvalue weighted by atomic mass is 16.5. The molecule has 0 atom stereocenters. The Labute approximate surface area is 98.5 Å². The van der Waals surface area contributed by atoms with E-state index in [9.17, 15) is 5.21 Å². The van der Waals surface area contributed by atoms with Gasteiger partial charge in [0.1, 0.15) is 5.75 Å². The summed E-state index contributed by atoms with van der Waals surface area (Å²) in [6, 6.07) is 14.9. The lowest BCUT2D eigenvalue weighted by molar-refractivity contribution is -0.547. The van der Waals surface area contributed by atoms with Crippen LogP contribution in [0, 0.1) is 5.21 Å². The minimum absolute atomic E-state index is 0.628. The predicted octanol–water partition coefficient (Wildman–Crippen LogP) is 2.64. The standard InChI is InChI=1S/C14H11NO2/c1-17-14-10-6-2-4-8-12(10)15(16)13-9-5-3-7-11(13)14/h2-9H,1H3. The van der Waals surface area contributed by atoms with E-state index in [1.54, 1.807) is 19.2 Å². The molecule has 0 saturated carbocycles. The van der Waals surface area contributed by atoms with Crippen molar-refractivity contribution in [3.8, 4) is 5.75 Å². The van der Waals surface area contributed by atoms with E-state index in [2.05, 4.69) is 0 Å². The second-order valence-electron chi connectivity index (χ2n) is 3.86. The van der Waals surface area contributed by atoms with Gasteiger partial charge in [-0.1, -0.05) is 24.3 Å². The predicted molar refractivity (Wildman–Crippen MR) is 67.0 cm³/mol. The molecule has 1 aromatic heterocycles. The van der Waals surface area contributed by atoms with Gasteiger partial charge in [0.15, 0.2) is 0 Å². The molecule has 0 spiro atoms. The molecule has 0 aliphatic rings. The number of nitrogens with zero attached hydrogens (tertiary/aromatic N) is 1. The van der Waals surface area contributed by atoms with Crippen LogP contribution >= 0.6 is 0 Å². The average Bonchev–Trinajstić information content (AvgIpc) is 2.40. The van der Waals surface area contributed by atoms with Gasteiger partial charge in [-0.3, -0.25) is 0 Å². The third kappa shape index (κ3) is 1.32. The molecule has 0 unspecified atom stereocenters. The highest BCUT2D eigenvalue weighted by molar-refractivity contribution is 5.97. The Kier molecular flexibility index (Phi) is 2.11. The Balaban J connectivity index is 2.63.